The van der Waals surface area contributed by atoms with Crippen molar-refractivity contribution in [2.75, 3.05) is 14.1 Å². The molecule has 120 valence electrons. The van der Waals surface area contributed by atoms with Crippen molar-refractivity contribution in [3.63, 3.8) is 0 Å². The Labute approximate surface area is 142 Å². The lowest BCUT2D eigenvalue weighted by Gasteiger charge is -2.17. The third kappa shape index (κ3) is 3.32. The fraction of sp³-hybridized carbons (Fsp3) is 0.333. The molecule has 0 saturated heterocycles. The second-order valence-corrected chi connectivity index (χ2v) is 6.28. The Kier molecular flexibility index (Phi) is 4.53. The average molecular weight is 377 g/mol. The molecule has 0 unspecified atom stereocenters. The van der Waals surface area contributed by atoms with Crippen LogP contribution in [0.3, 0.4) is 0 Å². The van der Waals surface area contributed by atoms with E-state index in [-0.39, 0.29) is 6.04 Å². The van der Waals surface area contributed by atoms with Crippen molar-refractivity contribution in [3.05, 3.63) is 34.6 Å². The van der Waals surface area contributed by atoms with Gasteiger partial charge >= 0.3 is 0 Å². The largest absolute Gasteiger partial charge is 0.337 e. The van der Waals surface area contributed by atoms with Crippen LogP contribution in [0, 0.1) is 0 Å². The van der Waals surface area contributed by atoms with Gasteiger partial charge < -0.3 is 4.52 Å². The molecule has 0 aliphatic rings. The molecule has 0 spiro atoms. The molecule has 0 aliphatic carbocycles. The number of nitrogens with one attached hydrogen (secondary N) is 1. The monoisotopic (exact) mass is 376 g/mol. The van der Waals surface area contributed by atoms with Crippen molar-refractivity contribution in [1.29, 1.82) is 0 Å². The van der Waals surface area contributed by atoms with Crippen molar-refractivity contribution < 1.29 is 4.52 Å². The summed E-state index contributed by atoms with van der Waals surface area (Å²) >= 11 is 3.44. The van der Waals surface area contributed by atoms with E-state index in [2.05, 4.69) is 48.2 Å². The van der Waals surface area contributed by atoms with E-state index in [0.29, 0.717) is 23.4 Å². The lowest BCUT2D eigenvalue weighted by atomic mass is 10.2. The summed E-state index contributed by atoms with van der Waals surface area (Å²) in [6, 6.07) is 7.87. The first-order valence-corrected chi connectivity index (χ1v) is 8.06. The molecule has 0 saturated carbocycles. The van der Waals surface area contributed by atoms with Crippen LogP contribution in [0.4, 0.5) is 0 Å². The highest BCUT2D eigenvalue weighted by Crippen LogP contribution is 2.24. The number of rotatable bonds is 5. The number of benzene rings is 1. The topological polar surface area (TPSA) is 83.7 Å². The first-order valence-electron chi connectivity index (χ1n) is 7.27. The fourth-order valence-electron chi connectivity index (χ4n) is 2.35. The summed E-state index contributed by atoms with van der Waals surface area (Å²) in [5.74, 6) is 2.07. The molecule has 1 atom stereocenters. The maximum absolute atomic E-state index is 5.37. The summed E-state index contributed by atoms with van der Waals surface area (Å²) in [6.07, 6.45) is 0.883. The molecule has 3 rings (SSSR count). The minimum atomic E-state index is 0.0868. The van der Waals surface area contributed by atoms with E-state index in [4.69, 9.17) is 4.52 Å². The van der Waals surface area contributed by atoms with Crippen molar-refractivity contribution in [2.45, 2.75) is 19.4 Å². The smallest absolute Gasteiger partial charge is 0.244 e. The van der Waals surface area contributed by atoms with Crippen LogP contribution in [0.2, 0.25) is 0 Å². The Hall–Kier alpha value is -2.06. The zero-order valence-corrected chi connectivity index (χ0v) is 14.7. The average Bonchev–Trinajstić information content (AvgIpc) is 3.16. The molecular weight excluding hydrogens is 360 g/mol. The van der Waals surface area contributed by atoms with Crippen molar-refractivity contribution in [3.8, 4) is 23.0 Å². The van der Waals surface area contributed by atoms with Gasteiger partial charge in [0.15, 0.2) is 11.6 Å². The summed E-state index contributed by atoms with van der Waals surface area (Å²) in [4.78, 5) is 10.9. The van der Waals surface area contributed by atoms with E-state index in [1.54, 1.807) is 0 Å². The Bertz CT molecular complexity index is 797. The number of aromatic nitrogens is 5. The summed E-state index contributed by atoms with van der Waals surface area (Å²) in [7, 11) is 3.97. The molecule has 7 nitrogen and oxygen atoms in total. The molecule has 2 heterocycles. The van der Waals surface area contributed by atoms with Gasteiger partial charge in [0.25, 0.3) is 0 Å². The van der Waals surface area contributed by atoms with Gasteiger partial charge in [0.2, 0.25) is 11.7 Å². The van der Waals surface area contributed by atoms with Crippen molar-refractivity contribution >= 4 is 15.9 Å². The third-order valence-corrected chi connectivity index (χ3v) is 4.01. The zero-order valence-electron chi connectivity index (χ0n) is 13.1. The van der Waals surface area contributed by atoms with E-state index in [1.165, 1.54) is 0 Å². The van der Waals surface area contributed by atoms with Crippen LogP contribution in [0.15, 0.2) is 33.3 Å². The summed E-state index contributed by atoms with van der Waals surface area (Å²) in [5, 5.41) is 11.1. The summed E-state index contributed by atoms with van der Waals surface area (Å²) in [6.45, 7) is 2.08. The lowest BCUT2D eigenvalue weighted by molar-refractivity contribution is 0.224. The van der Waals surface area contributed by atoms with Crippen LogP contribution < -0.4 is 0 Å². The van der Waals surface area contributed by atoms with Gasteiger partial charge in [-0.3, -0.25) is 10.00 Å². The van der Waals surface area contributed by atoms with Crippen LogP contribution in [0.5, 0.6) is 0 Å². The third-order valence-electron chi connectivity index (χ3n) is 3.52. The Morgan fingerprint density at radius 3 is 2.78 bits per heavy atom. The first-order chi connectivity index (χ1) is 11.1. The second kappa shape index (κ2) is 6.59. The van der Waals surface area contributed by atoms with E-state index in [0.717, 1.165) is 16.5 Å². The highest BCUT2D eigenvalue weighted by molar-refractivity contribution is 9.10. The zero-order chi connectivity index (χ0) is 16.4. The van der Waals surface area contributed by atoms with Crippen LogP contribution in [-0.4, -0.2) is 44.3 Å². The van der Waals surface area contributed by atoms with E-state index in [1.807, 2.05) is 43.3 Å². The van der Waals surface area contributed by atoms with Gasteiger partial charge in [0.05, 0.1) is 6.04 Å². The molecular formula is C15H17BrN6O. The van der Waals surface area contributed by atoms with Crippen LogP contribution in [-0.2, 0) is 0 Å². The van der Waals surface area contributed by atoms with Crippen molar-refractivity contribution in [1.82, 2.24) is 30.2 Å². The van der Waals surface area contributed by atoms with Crippen LogP contribution >= 0.6 is 15.9 Å². The normalized spacial score (nSPS) is 12.7. The molecule has 0 radical (unpaired) electrons. The first kappa shape index (κ1) is 15.8. The van der Waals surface area contributed by atoms with Gasteiger partial charge in [-0.05, 0) is 32.6 Å². The molecule has 23 heavy (non-hydrogen) atoms. The highest BCUT2D eigenvalue weighted by atomic mass is 79.9. The van der Waals surface area contributed by atoms with Gasteiger partial charge in [-0.25, -0.2) is 4.98 Å². The van der Waals surface area contributed by atoms with Crippen molar-refractivity contribution in [2.24, 2.45) is 0 Å². The van der Waals surface area contributed by atoms with Gasteiger partial charge in [-0.15, -0.1) is 0 Å². The van der Waals surface area contributed by atoms with Gasteiger partial charge in [0.1, 0.15) is 0 Å². The van der Waals surface area contributed by atoms with E-state index >= 15 is 0 Å². The molecule has 1 aromatic carbocycles. The maximum atomic E-state index is 5.37. The number of halogens is 1. The number of hydrogen-bond acceptors (Lipinski definition) is 6. The number of aromatic amines is 1. The Morgan fingerprint density at radius 1 is 1.26 bits per heavy atom. The quantitative estimate of drug-likeness (QED) is 0.735. The minimum Gasteiger partial charge on any atom is -0.337 e. The number of hydrogen-bond donors (Lipinski definition) is 1. The van der Waals surface area contributed by atoms with Gasteiger partial charge in [-0.2, -0.15) is 10.1 Å². The molecule has 0 fully saturated rings. The molecule has 8 heteroatoms. The molecule has 2 aromatic heterocycles. The second-order valence-electron chi connectivity index (χ2n) is 5.36. The molecule has 0 bridgehead atoms. The standard InChI is InChI=1S/C15H17BrN6O/c1-4-11(22(2)3)15-18-14(21-23-15)13-17-12(19-20-13)9-6-5-7-10(16)8-9/h5-8,11H,4H2,1-3H3,(H,17,19,20)/t11-/m1/s1. The highest BCUT2D eigenvalue weighted by Gasteiger charge is 2.21. The maximum Gasteiger partial charge on any atom is 0.244 e. The minimum absolute atomic E-state index is 0.0868. The Balaban J connectivity index is 1.88. The Morgan fingerprint density at radius 2 is 2.09 bits per heavy atom. The number of H-pyrrole nitrogens is 1. The molecule has 3 aromatic rings. The van der Waals surface area contributed by atoms with E-state index in [9.17, 15) is 0 Å². The number of nitrogens with zero attached hydrogens (tertiary/aromatic N) is 5. The summed E-state index contributed by atoms with van der Waals surface area (Å²) < 4.78 is 6.34. The van der Waals surface area contributed by atoms with E-state index < -0.39 is 0 Å². The van der Waals surface area contributed by atoms with Crippen LogP contribution in [0.25, 0.3) is 23.0 Å². The predicted molar refractivity (Wildman–Crippen MR) is 89.5 cm³/mol. The molecule has 1 N–H and O–H groups in total. The summed E-state index contributed by atoms with van der Waals surface area (Å²) in [5.41, 5.74) is 0.908. The fourth-order valence-corrected chi connectivity index (χ4v) is 2.75. The molecule has 0 aliphatic heterocycles. The SMILES string of the molecule is CC[C@H](c1nc(-c2nc(-c3cccc(Br)c3)n[nH]2)no1)N(C)C. The van der Waals surface area contributed by atoms with Gasteiger partial charge in [-0.1, -0.05) is 40.1 Å². The predicted octanol–water partition coefficient (Wildman–Crippen LogP) is 3.30. The van der Waals surface area contributed by atoms with Crippen LogP contribution in [0.1, 0.15) is 25.3 Å². The lowest BCUT2D eigenvalue weighted by Crippen LogP contribution is -2.19. The van der Waals surface area contributed by atoms with Gasteiger partial charge in [0, 0.05) is 10.0 Å². The molecule has 0 amide bonds.